The van der Waals surface area contributed by atoms with Gasteiger partial charge < -0.3 is 19.8 Å². The molecule has 14 nitrogen and oxygen atoms in total. The third-order valence-corrected chi connectivity index (χ3v) is 6.83. The van der Waals surface area contributed by atoms with E-state index < -0.39 is 37.3 Å². The Bertz CT molecular complexity index is 1270. The fourth-order valence-electron chi connectivity index (χ4n) is 3.19. The largest absolute Gasteiger partial charge is 0.462 e. The predicted octanol–water partition coefficient (Wildman–Crippen LogP) is 1.50. The van der Waals surface area contributed by atoms with Gasteiger partial charge in [0.15, 0.2) is 11.5 Å². The van der Waals surface area contributed by atoms with Crippen LogP contribution in [0.25, 0.3) is 11.2 Å². The van der Waals surface area contributed by atoms with Crippen LogP contribution in [0.4, 0.5) is 5.82 Å². The molecule has 0 saturated carbocycles. The molecule has 36 heavy (non-hydrogen) atoms. The molecule has 3 aromatic rings. The van der Waals surface area contributed by atoms with Crippen LogP contribution in [0.5, 0.6) is 0 Å². The molecule has 0 saturated heterocycles. The Morgan fingerprint density at radius 1 is 1.17 bits per heavy atom. The van der Waals surface area contributed by atoms with E-state index in [0.29, 0.717) is 17.7 Å². The second kappa shape index (κ2) is 11.1. The lowest BCUT2D eigenvalue weighted by Gasteiger charge is -2.31. The number of hydrogen-bond acceptors (Lipinski definition) is 11. The maximum Gasteiger partial charge on any atom is 0.326 e. The summed E-state index contributed by atoms with van der Waals surface area (Å²) in [6.07, 6.45) is 4.17. The minimum Gasteiger partial charge on any atom is -0.462 e. The number of aromatic nitrogens is 6. The van der Waals surface area contributed by atoms with Crippen LogP contribution in [0.15, 0.2) is 31.2 Å². The number of carbonyl (C=O) groups excluding carboxylic acids is 2. The van der Waals surface area contributed by atoms with Crippen LogP contribution in [0.1, 0.15) is 45.1 Å². The van der Waals surface area contributed by atoms with Gasteiger partial charge in [-0.15, -0.1) is 0 Å². The van der Waals surface area contributed by atoms with Gasteiger partial charge in [-0.3, -0.25) is 19.2 Å². The molecule has 0 bridgehead atoms. The third-order valence-electron chi connectivity index (χ3n) is 4.83. The number of nitrogen functional groups attached to an aromatic ring is 1. The fraction of sp³-hybridized carbons (Fsp3) is 0.476. The van der Waals surface area contributed by atoms with Crippen molar-refractivity contribution in [3.8, 4) is 0 Å². The van der Waals surface area contributed by atoms with Crippen LogP contribution in [-0.4, -0.2) is 65.5 Å². The van der Waals surface area contributed by atoms with E-state index in [9.17, 15) is 14.2 Å². The summed E-state index contributed by atoms with van der Waals surface area (Å²) >= 11 is 0. The molecule has 0 fully saturated rings. The van der Waals surface area contributed by atoms with E-state index in [1.54, 1.807) is 31.7 Å². The Morgan fingerprint density at radius 2 is 1.92 bits per heavy atom. The standard InChI is InChI=1S/C21H30N9O5P/c1-13(2)35-20(32)21(4,5)29-36(33,28-19(31)15-6-7-23-9-24-15)12-34-14(3)8-30-11-27-16-17(22)25-10-26-18(16)30/h6-7,9-11,13-14H,8,12H2,1-5H3,(H2,22,25,26)(H2,28,29,31,33)/t14-,36?/m1/s1. The molecule has 3 heterocycles. The summed E-state index contributed by atoms with van der Waals surface area (Å²) in [5, 5.41) is 5.20. The molecule has 0 radical (unpaired) electrons. The van der Waals surface area contributed by atoms with Gasteiger partial charge in [0.1, 0.15) is 35.8 Å². The maximum absolute atomic E-state index is 13.9. The number of anilines is 1. The highest BCUT2D eigenvalue weighted by molar-refractivity contribution is 7.60. The smallest absolute Gasteiger partial charge is 0.326 e. The number of ether oxygens (including phenoxy) is 2. The number of fused-ring (bicyclic) bond motifs is 1. The molecular weight excluding hydrogens is 489 g/mol. The summed E-state index contributed by atoms with van der Waals surface area (Å²) in [6, 6.07) is 1.37. The van der Waals surface area contributed by atoms with E-state index in [0.717, 1.165) is 0 Å². The van der Waals surface area contributed by atoms with Crippen LogP contribution in [0.2, 0.25) is 0 Å². The molecule has 0 spiro atoms. The highest BCUT2D eigenvalue weighted by Crippen LogP contribution is 2.40. The van der Waals surface area contributed by atoms with Gasteiger partial charge in [-0.05, 0) is 40.7 Å². The quantitative estimate of drug-likeness (QED) is 0.245. The molecule has 1 amide bonds. The fourth-order valence-corrected chi connectivity index (χ4v) is 5.28. The second-order valence-electron chi connectivity index (χ2n) is 8.90. The monoisotopic (exact) mass is 519 g/mol. The second-order valence-corrected chi connectivity index (χ2v) is 11.1. The van der Waals surface area contributed by atoms with Crippen molar-refractivity contribution in [3.05, 3.63) is 36.9 Å². The summed E-state index contributed by atoms with van der Waals surface area (Å²) < 4.78 is 26.7. The van der Waals surface area contributed by atoms with Crippen LogP contribution in [0.3, 0.4) is 0 Å². The normalized spacial score (nSPS) is 14.4. The first-order valence-corrected chi connectivity index (χ1v) is 13.0. The first-order chi connectivity index (χ1) is 16.9. The molecule has 0 aliphatic heterocycles. The zero-order valence-corrected chi connectivity index (χ0v) is 21.6. The first-order valence-electron chi connectivity index (χ1n) is 11.1. The lowest BCUT2D eigenvalue weighted by atomic mass is 10.1. The lowest BCUT2D eigenvalue weighted by molar-refractivity contribution is -0.153. The molecule has 0 aliphatic rings. The Kier molecular flexibility index (Phi) is 8.33. The number of nitrogens with two attached hydrogens (primary N) is 1. The van der Waals surface area contributed by atoms with Crippen molar-refractivity contribution in [1.29, 1.82) is 0 Å². The van der Waals surface area contributed by atoms with E-state index in [-0.39, 0.29) is 17.6 Å². The van der Waals surface area contributed by atoms with Gasteiger partial charge in [-0.2, -0.15) is 0 Å². The molecular formula is C21H30N9O5P. The molecule has 15 heteroatoms. The Labute approximate surface area is 207 Å². The van der Waals surface area contributed by atoms with E-state index in [2.05, 4.69) is 35.1 Å². The number of carbonyl (C=O) groups is 2. The van der Waals surface area contributed by atoms with Crippen molar-refractivity contribution in [3.63, 3.8) is 0 Å². The highest BCUT2D eigenvalue weighted by atomic mass is 31.2. The molecule has 3 aromatic heterocycles. The topological polar surface area (TPSA) is 189 Å². The van der Waals surface area contributed by atoms with E-state index in [1.807, 2.05) is 0 Å². The average Bonchev–Trinajstić information content (AvgIpc) is 3.21. The van der Waals surface area contributed by atoms with Crippen LogP contribution in [0, 0.1) is 0 Å². The number of nitrogens with zero attached hydrogens (tertiary/aromatic N) is 6. The van der Waals surface area contributed by atoms with Crippen molar-refractivity contribution in [1.82, 2.24) is 39.7 Å². The zero-order chi connectivity index (χ0) is 26.5. The minimum absolute atomic E-state index is 0.00444. The highest BCUT2D eigenvalue weighted by Gasteiger charge is 2.39. The van der Waals surface area contributed by atoms with Crippen molar-refractivity contribution in [2.45, 2.75) is 58.9 Å². The van der Waals surface area contributed by atoms with Gasteiger partial charge in [0.2, 0.25) is 0 Å². The SMILES string of the molecule is CC(C)OC(=O)C(C)(C)NP(=O)(CO[C@H](C)Cn1cnc2c(N)ncnc21)NC(=O)c1ccncn1. The molecule has 1 unspecified atom stereocenters. The van der Waals surface area contributed by atoms with E-state index >= 15 is 0 Å². The van der Waals surface area contributed by atoms with E-state index in [1.165, 1.54) is 38.8 Å². The first kappa shape index (κ1) is 27.1. The van der Waals surface area contributed by atoms with Gasteiger partial charge in [0, 0.05) is 6.20 Å². The third kappa shape index (κ3) is 6.80. The van der Waals surface area contributed by atoms with Gasteiger partial charge >= 0.3 is 5.97 Å². The number of nitrogens with one attached hydrogen (secondary N) is 2. The lowest BCUT2D eigenvalue weighted by Crippen LogP contribution is -2.49. The number of hydrogen-bond donors (Lipinski definition) is 3. The van der Waals surface area contributed by atoms with Crippen molar-refractivity contribution < 1.29 is 23.6 Å². The Balaban J connectivity index is 1.76. The average molecular weight is 520 g/mol. The predicted molar refractivity (Wildman–Crippen MR) is 131 cm³/mol. The van der Waals surface area contributed by atoms with Crippen molar-refractivity contribution in [2.24, 2.45) is 0 Å². The summed E-state index contributed by atoms with van der Waals surface area (Å²) in [6.45, 7) is 8.47. The molecule has 0 aliphatic carbocycles. The Morgan fingerprint density at radius 3 is 2.58 bits per heavy atom. The summed E-state index contributed by atoms with van der Waals surface area (Å²) in [5.74, 6) is -1.10. The van der Waals surface area contributed by atoms with Gasteiger partial charge in [-0.25, -0.2) is 30.0 Å². The van der Waals surface area contributed by atoms with Crippen molar-refractivity contribution in [2.75, 3.05) is 12.1 Å². The number of amides is 1. The maximum atomic E-state index is 13.9. The van der Waals surface area contributed by atoms with Gasteiger partial charge in [0.05, 0.1) is 25.1 Å². The van der Waals surface area contributed by atoms with Crippen LogP contribution < -0.4 is 15.9 Å². The molecule has 0 aromatic carbocycles. The van der Waals surface area contributed by atoms with Crippen LogP contribution in [-0.2, 0) is 25.4 Å². The summed E-state index contributed by atoms with van der Waals surface area (Å²) in [7, 11) is -3.86. The summed E-state index contributed by atoms with van der Waals surface area (Å²) in [4.78, 5) is 45.3. The summed E-state index contributed by atoms with van der Waals surface area (Å²) in [5.41, 5.74) is 5.42. The number of imidazole rings is 1. The van der Waals surface area contributed by atoms with Gasteiger partial charge in [0.25, 0.3) is 13.4 Å². The van der Waals surface area contributed by atoms with E-state index in [4.69, 9.17) is 15.2 Å². The molecule has 3 rings (SSSR count). The number of rotatable bonds is 11. The Hall–Kier alpha value is -3.48. The number of esters is 1. The van der Waals surface area contributed by atoms with Crippen LogP contribution >= 0.6 is 7.44 Å². The molecule has 2 atom stereocenters. The minimum atomic E-state index is -3.86. The zero-order valence-electron chi connectivity index (χ0n) is 20.7. The van der Waals surface area contributed by atoms with Gasteiger partial charge in [-0.1, -0.05) is 0 Å². The van der Waals surface area contributed by atoms with Crippen molar-refractivity contribution >= 4 is 36.3 Å². The molecule has 4 N–H and O–H groups in total. The molecule has 194 valence electrons.